The number of carbonyl (C=O) groups excluding carboxylic acids is 1. The quantitative estimate of drug-likeness (QED) is 0.714. The molecular formula is C19H21N5OS. The molecular weight excluding hydrogens is 346 g/mol. The van der Waals surface area contributed by atoms with Crippen LogP contribution in [-0.2, 0) is 7.05 Å². The maximum absolute atomic E-state index is 12.7. The van der Waals surface area contributed by atoms with Crippen molar-refractivity contribution in [1.82, 2.24) is 19.4 Å². The SMILES string of the molecule is Cn1cncc1C(=O)N1CCCN(c2nc(-c3ccccc3)cs2)CC1. The molecule has 0 unspecified atom stereocenters. The second-order valence-electron chi connectivity index (χ2n) is 6.40. The molecule has 0 saturated carbocycles. The van der Waals surface area contributed by atoms with Crippen LogP contribution in [0.3, 0.4) is 0 Å². The van der Waals surface area contributed by atoms with E-state index in [-0.39, 0.29) is 5.91 Å². The highest BCUT2D eigenvalue weighted by Crippen LogP contribution is 2.28. The third-order valence-electron chi connectivity index (χ3n) is 4.65. The minimum atomic E-state index is 0.0518. The van der Waals surface area contributed by atoms with Gasteiger partial charge in [-0.15, -0.1) is 11.3 Å². The van der Waals surface area contributed by atoms with Gasteiger partial charge in [0.2, 0.25) is 0 Å². The number of aromatic nitrogens is 3. The van der Waals surface area contributed by atoms with E-state index in [0.717, 1.165) is 42.4 Å². The van der Waals surface area contributed by atoms with Crippen molar-refractivity contribution in [2.75, 3.05) is 31.1 Å². The number of hydrogen-bond donors (Lipinski definition) is 0. The van der Waals surface area contributed by atoms with Crippen LogP contribution >= 0.6 is 11.3 Å². The number of carbonyl (C=O) groups is 1. The molecule has 1 fully saturated rings. The molecule has 26 heavy (non-hydrogen) atoms. The van der Waals surface area contributed by atoms with Crippen LogP contribution in [0.1, 0.15) is 16.9 Å². The zero-order chi connectivity index (χ0) is 17.9. The number of benzene rings is 1. The summed E-state index contributed by atoms with van der Waals surface area (Å²) >= 11 is 1.67. The van der Waals surface area contributed by atoms with E-state index in [0.29, 0.717) is 12.2 Å². The molecule has 1 aliphatic rings. The molecule has 0 aliphatic carbocycles. The first kappa shape index (κ1) is 16.8. The summed E-state index contributed by atoms with van der Waals surface area (Å²) in [6, 6.07) is 10.2. The van der Waals surface area contributed by atoms with E-state index < -0.39 is 0 Å². The molecule has 2 aromatic heterocycles. The Labute approximate surface area is 156 Å². The standard InChI is InChI=1S/C19H21N5OS/c1-22-14-20-12-17(22)18(25)23-8-5-9-24(11-10-23)19-21-16(13-26-19)15-6-3-2-4-7-15/h2-4,6-7,12-14H,5,8-11H2,1H3. The summed E-state index contributed by atoms with van der Waals surface area (Å²) in [5, 5.41) is 3.13. The molecule has 1 saturated heterocycles. The molecule has 3 heterocycles. The van der Waals surface area contributed by atoms with Gasteiger partial charge < -0.3 is 14.4 Å². The van der Waals surface area contributed by atoms with Gasteiger partial charge in [0.1, 0.15) is 5.69 Å². The van der Waals surface area contributed by atoms with E-state index in [4.69, 9.17) is 4.98 Å². The lowest BCUT2D eigenvalue weighted by molar-refractivity contribution is 0.0757. The van der Waals surface area contributed by atoms with Gasteiger partial charge in [-0.25, -0.2) is 9.97 Å². The maximum Gasteiger partial charge on any atom is 0.272 e. The molecule has 0 spiro atoms. The first-order valence-electron chi connectivity index (χ1n) is 8.74. The number of anilines is 1. The summed E-state index contributed by atoms with van der Waals surface area (Å²) in [7, 11) is 1.85. The normalized spacial score (nSPS) is 15.1. The zero-order valence-corrected chi connectivity index (χ0v) is 15.5. The van der Waals surface area contributed by atoms with Crippen molar-refractivity contribution in [3.8, 4) is 11.3 Å². The zero-order valence-electron chi connectivity index (χ0n) is 14.7. The number of amides is 1. The van der Waals surface area contributed by atoms with Crippen LogP contribution in [0.4, 0.5) is 5.13 Å². The third kappa shape index (κ3) is 3.35. The van der Waals surface area contributed by atoms with Crippen molar-refractivity contribution < 1.29 is 4.79 Å². The minimum absolute atomic E-state index is 0.0518. The van der Waals surface area contributed by atoms with Crippen LogP contribution in [0.2, 0.25) is 0 Å². The van der Waals surface area contributed by atoms with Crippen molar-refractivity contribution in [3.63, 3.8) is 0 Å². The summed E-state index contributed by atoms with van der Waals surface area (Å²) in [5.41, 5.74) is 2.79. The second kappa shape index (κ2) is 7.29. The minimum Gasteiger partial charge on any atom is -0.346 e. The highest BCUT2D eigenvalue weighted by Gasteiger charge is 2.23. The fourth-order valence-corrected chi connectivity index (χ4v) is 4.08. The first-order valence-corrected chi connectivity index (χ1v) is 9.62. The Hall–Kier alpha value is -2.67. The smallest absolute Gasteiger partial charge is 0.272 e. The molecule has 0 atom stereocenters. The van der Waals surface area contributed by atoms with Gasteiger partial charge in [-0.05, 0) is 6.42 Å². The number of imidazole rings is 1. The maximum atomic E-state index is 12.7. The average Bonchev–Trinajstić information content (AvgIpc) is 3.25. The number of rotatable bonds is 3. The molecule has 0 N–H and O–H groups in total. The summed E-state index contributed by atoms with van der Waals surface area (Å²) in [4.78, 5) is 25.8. The topological polar surface area (TPSA) is 54.3 Å². The molecule has 0 radical (unpaired) electrons. The van der Waals surface area contributed by atoms with E-state index in [1.165, 1.54) is 0 Å². The van der Waals surface area contributed by atoms with Gasteiger partial charge in [-0.2, -0.15) is 0 Å². The predicted octanol–water partition coefficient (Wildman–Crippen LogP) is 2.90. The van der Waals surface area contributed by atoms with E-state index in [9.17, 15) is 4.79 Å². The fraction of sp³-hybridized carbons (Fsp3) is 0.316. The Kier molecular flexibility index (Phi) is 4.71. The van der Waals surface area contributed by atoms with Gasteiger partial charge in [-0.1, -0.05) is 30.3 Å². The summed E-state index contributed by atoms with van der Waals surface area (Å²) in [6.45, 7) is 3.17. The van der Waals surface area contributed by atoms with Crippen LogP contribution in [0.5, 0.6) is 0 Å². The van der Waals surface area contributed by atoms with Crippen molar-refractivity contribution in [2.45, 2.75) is 6.42 Å². The van der Waals surface area contributed by atoms with Crippen LogP contribution in [0, 0.1) is 0 Å². The van der Waals surface area contributed by atoms with Crippen LogP contribution < -0.4 is 4.90 Å². The molecule has 6 nitrogen and oxygen atoms in total. The van der Waals surface area contributed by atoms with Crippen LogP contribution in [0.15, 0.2) is 48.2 Å². The van der Waals surface area contributed by atoms with Gasteiger partial charge in [0.25, 0.3) is 5.91 Å². The predicted molar refractivity (Wildman–Crippen MR) is 103 cm³/mol. The number of nitrogens with zero attached hydrogens (tertiary/aromatic N) is 5. The lowest BCUT2D eigenvalue weighted by Crippen LogP contribution is -2.36. The first-order chi connectivity index (χ1) is 12.7. The lowest BCUT2D eigenvalue weighted by Gasteiger charge is -2.21. The van der Waals surface area contributed by atoms with Crippen molar-refractivity contribution in [1.29, 1.82) is 0 Å². The molecule has 1 amide bonds. The monoisotopic (exact) mass is 367 g/mol. The second-order valence-corrected chi connectivity index (χ2v) is 7.24. The highest BCUT2D eigenvalue weighted by atomic mass is 32.1. The Balaban J connectivity index is 1.45. The summed E-state index contributed by atoms with van der Waals surface area (Å²) < 4.78 is 1.78. The molecule has 1 aliphatic heterocycles. The van der Waals surface area contributed by atoms with Gasteiger partial charge in [-0.3, -0.25) is 4.79 Å². The number of hydrogen-bond acceptors (Lipinski definition) is 5. The lowest BCUT2D eigenvalue weighted by atomic mass is 10.2. The Morgan fingerprint density at radius 2 is 1.96 bits per heavy atom. The van der Waals surface area contributed by atoms with Crippen molar-refractivity contribution >= 4 is 22.4 Å². The van der Waals surface area contributed by atoms with E-state index in [2.05, 4.69) is 27.4 Å². The van der Waals surface area contributed by atoms with Crippen molar-refractivity contribution in [2.24, 2.45) is 7.05 Å². The molecule has 1 aromatic carbocycles. The molecule has 3 aromatic rings. The van der Waals surface area contributed by atoms with Gasteiger partial charge in [0, 0.05) is 44.2 Å². The van der Waals surface area contributed by atoms with E-state index in [1.54, 1.807) is 28.4 Å². The molecule has 0 bridgehead atoms. The van der Waals surface area contributed by atoms with Crippen LogP contribution in [-0.4, -0.2) is 51.5 Å². The Morgan fingerprint density at radius 3 is 2.73 bits per heavy atom. The average molecular weight is 367 g/mol. The van der Waals surface area contributed by atoms with Gasteiger partial charge in [0.05, 0.1) is 18.2 Å². The number of aryl methyl sites for hydroxylation is 1. The summed E-state index contributed by atoms with van der Waals surface area (Å²) in [5.74, 6) is 0.0518. The van der Waals surface area contributed by atoms with E-state index in [1.807, 2.05) is 30.1 Å². The molecule has 7 heteroatoms. The van der Waals surface area contributed by atoms with Crippen LogP contribution in [0.25, 0.3) is 11.3 Å². The van der Waals surface area contributed by atoms with Gasteiger partial charge >= 0.3 is 0 Å². The fourth-order valence-electron chi connectivity index (χ4n) is 3.19. The van der Waals surface area contributed by atoms with Crippen molar-refractivity contribution in [3.05, 3.63) is 53.9 Å². The Bertz CT molecular complexity index is 888. The van der Waals surface area contributed by atoms with Gasteiger partial charge in [0.15, 0.2) is 5.13 Å². The highest BCUT2D eigenvalue weighted by molar-refractivity contribution is 7.14. The third-order valence-corrected chi connectivity index (χ3v) is 5.55. The molecule has 134 valence electrons. The summed E-state index contributed by atoms with van der Waals surface area (Å²) in [6.07, 6.45) is 4.24. The Morgan fingerprint density at radius 1 is 1.12 bits per heavy atom. The van der Waals surface area contributed by atoms with E-state index >= 15 is 0 Å². The number of thiazole rings is 1. The largest absolute Gasteiger partial charge is 0.346 e. The molecule has 4 rings (SSSR count).